The third-order valence-electron chi connectivity index (χ3n) is 0. The van der Waals surface area contributed by atoms with Crippen LogP contribution in [0.3, 0.4) is 0 Å². The molecule has 0 atom stereocenters. The second-order valence-corrected chi connectivity index (χ2v) is 1.54. The van der Waals surface area contributed by atoms with Crippen LogP contribution in [0.15, 0.2) is 0 Å². The maximum atomic E-state index is 8.88. The molecule has 0 aliphatic carbocycles. The van der Waals surface area contributed by atoms with Crippen molar-refractivity contribution < 1.29 is 24.7 Å². The summed E-state index contributed by atoms with van der Waals surface area (Å²) in [5, 5.41) is 0. The largest absolute Gasteiger partial charge is 0.316 e. The number of phosphoric acid groups is 1. The van der Waals surface area contributed by atoms with Crippen LogP contribution in [0.2, 0.25) is 0 Å². The van der Waals surface area contributed by atoms with Crippen LogP contribution in [0.25, 0.3) is 0 Å². The Morgan fingerprint density at radius 1 is 1.12 bits per heavy atom. The summed E-state index contributed by atoms with van der Waals surface area (Å²) in [6, 6.07) is 0. The molecule has 0 rings (SSSR count). The minimum absolute atomic E-state index is 0. The Hall–Kier alpha value is 2.47. The standard InChI is InChI=1S/K.Mg.H3O4P.H2O.3H/c;;1-5(2,3)4;;;;/h;;(H3,1,2,3,4);1H2;;;. The minimum Gasteiger partial charge on any atom is 0.316 e. The molecule has 0 heterocycles. The van der Waals surface area contributed by atoms with E-state index in [-0.39, 0.29) is 79.9 Å². The molecule has 0 fully saturated rings. The van der Waals surface area contributed by atoms with E-state index in [2.05, 4.69) is 0 Å². The fourth-order valence-corrected chi connectivity index (χ4v) is 0. The molecule has 0 aliphatic rings. The van der Waals surface area contributed by atoms with Crippen LogP contribution in [-0.2, 0) is 4.57 Å². The van der Waals surface area contributed by atoms with Crippen molar-refractivity contribution in [1.29, 1.82) is 0 Å². The summed E-state index contributed by atoms with van der Waals surface area (Å²) in [5.41, 5.74) is 0. The minimum atomic E-state index is -4.64. The van der Waals surface area contributed by atoms with E-state index in [9.17, 15) is 0 Å². The van der Waals surface area contributed by atoms with Crippen LogP contribution >= 0.6 is 7.82 Å². The van der Waals surface area contributed by atoms with Gasteiger partial charge in [-0.15, -0.1) is 0 Å². The molecule has 8 heteroatoms. The van der Waals surface area contributed by atoms with Crippen LogP contribution in [0.5, 0.6) is 0 Å². The van der Waals surface area contributed by atoms with Crippen molar-refractivity contribution in [2.45, 2.75) is 0 Å². The van der Waals surface area contributed by atoms with E-state index < -0.39 is 7.82 Å². The fourth-order valence-electron chi connectivity index (χ4n) is 0. The molecule has 5 N–H and O–H groups in total. The van der Waals surface area contributed by atoms with E-state index in [0.29, 0.717) is 0 Å². The van der Waals surface area contributed by atoms with Gasteiger partial charge in [0.1, 0.15) is 0 Å². The number of hydrogen-bond acceptors (Lipinski definition) is 1. The second kappa shape index (κ2) is 9.47. The molecule has 8 heavy (non-hydrogen) atoms. The van der Waals surface area contributed by atoms with Crippen LogP contribution in [0.1, 0.15) is 0 Å². The van der Waals surface area contributed by atoms with Crippen molar-refractivity contribution in [2.75, 3.05) is 0 Å². The summed E-state index contributed by atoms with van der Waals surface area (Å²) in [4.78, 5) is 21.6. The van der Waals surface area contributed by atoms with Crippen LogP contribution in [0.4, 0.5) is 0 Å². The smallest absolute Gasteiger partial charge is 0.316 e. The van der Waals surface area contributed by atoms with Crippen molar-refractivity contribution in [1.82, 2.24) is 0 Å². The molecule has 0 saturated carbocycles. The van der Waals surface area contributed by atoms with Crippen molar-refractivity contribution in [2.24, 2.45) is 0 Å². The summed E-state index contributed by atoms with van der Waals surface area (Å²) >= 11 is 0. The zero-order chi connectivity index (χ0) is 4.50. The SMILES string of the molecule is O.O=P(O)(O)O.[KH].[MgH2]. The predicted molar refractivity (Wildman–Crippen MR) is 33.6 cm³/mol. The van der Waals surface area contributed by atoms with Crippen molar-refractivity contribution >= 4 is 82.3 Å². The molecular weight excluding hydrogens is 174 g/mol. The summed E-state index contributed by atoms with van der Waals surface area (Å²) in [7, 11) is -4.64. The second-order valence-electron chi connectivity index (χ2n) is 0.513. The number of rotatable bonds is 0. The molecule has 0 bridgehead atoms. The first kappa shape index (κ1) is 22.4. The van der Waals surface area contributed by atoms with Gasteiger partial charge in [-0.2, -0.15) is 0 Å². The van der Waals surface area contributed by atoms with Gasteiger partial charge in [-0.25, -0.2) is 4.57 Å². The maximum Gasteiger partial charge on any atom is 0.316 e. The quantitative estimate of drug-likeness (QED) is 0.269. The third-order valence-corrected chi connectivity index (χ3v) is 0. The van der Waals surface area contributed by atoms with E-state index in [1.807, 2.05) is 0 Å². The van der Waals surface area contributed by atoms with Gasteiger partial charge in [0.2, 0.25) is 0 Å². The molecule has 0 aromatic carbocycles. The van der Waals surface area contributed by atoms with Crippen LogP contribution < -0.4 is 0 Å². The Balaban J connectivity index is -0.0000000267. The molecule has 0 aromatic rings. The van der Waals surface area contributed by atoms with E-state index in [1.165, 1.54) is 0 Å². The van der Waals surface area contributed by atoms with Crippen LogP contribution in [-0.4, -0.2) is 94.6 Å². The molecule has 0 spiro atoms. The Bertz CT molecular complexity index is 58.6. The van der Waals surface area contributed by atoms with E-state index in [0.717, 1.165) is 0 Å². The monoisotopic (exact) mass is 182 g/mol. The Morgan fingerprint density at radius 2 is 1.12 bits per heavy atom. The number of hydrogen-bond donors (Lipinski definition) is 3. The van der Waals surface area contributed by atoms with Gasteiger partial charge in [0.25, 0.3) is 0 Å². The van der Waals surface area contributed by atoms with Gasteiger partial charge in [0.15, 0.2) is 0 Å². The van der Waals surface area contributed by atoms with Gasteiger partial charge in [-0.1, -0.05) is 0 Å². The zero-order valence-electron chi connectivity index (χ0n) is 2.70. The van der Waals surface area contributed by atoms with Gasteiger partial charge in [0.05, 0.1) is 0 Å². The Kier molecular flexibility index (Phi) is 26.6. The van der Waals surface area contributed by atoms with Gasteiger partial charge in [0, 0.05) is 0 Å². The normalized spacial score (nSPS) is 7.38. The van der Waals surface area contributed by atoms with Crippen molar-refractivity contribution in [3.63, 3.8) is 0 Å². The van der Waals surface area contributed by atoms with E-state index in [4.69, 9.17) is 19.2 Å². The van der Waals surface area contributed by atoms with Gasteiger partial charge in [-0.05, 0) is 0 Å². The fraction of sp³-hybridized carbons (Fsp3) is 0. The first-order valence-corrected chi connectivity index (χ1v) is 2.35. The van der Waals surface area contributed by atoms with Crippen molar-refractivity contribution in [3.05, 3.63) is 0 Å². The molecule has 0 aliphatic heterocycles. The first-order valence-electron chi connectivity index (χ1n) is 0.783. The van der Waals surface area contributed by atoms with Gasteiger partial charge < -0.3 is 20.2 Å². The van der Waals surface area contributed by atoms with Crippen molar-refractivity contribution in [3.8, 4) is 0 Å². The Labute approximate surface area is 105 Å². The molecule has 5 nitrogen and oxygen atoms in total. The topological polar surface area (TPSA) is 109 Å². The summed E-state index contributed by atoms with van der Waals surface area (Å²) in [6.45, 7) is 0. The third kappa shape index (κ3) is 77.4. The molecule has 0 radical (unpaired) electrons. The van der Waals surface area contributed by atoms with E-state index >= 15 is 0 Å². The summed E-state index contributed by atoms with van der Waals surface area (Å²) < 4.78 is 8.88. The average molecular weight is 182 g/mol. The maximum absolute atomic E-state index is 8.88. The first-order chi connectivity index (χ1) is 2.00. The van der Waals surface area contributed by atoms with Gasteiger partial charge in [-0.3, -0.25) is 0 Å². The zero-order valence-corrected chi connectivity index (χ0v) is 3.59. The summed E-state index contributed by atoms with van der Waals surface area (Å²) in [5.74, 6) is 0. The molecular formula is H8KMgO5P. The molecule has 0 aromatic heterocycles. The Morgan fingerprint density at radius 3 is 1.12 bits per heavy atom. The summed E-state index contributed by atoms with van der Waals surface area (Å²) in [6.07, 6.45) is 0. The molecule has 0 unspecified atom stereocenters. The predicted octanol–water partition coefficient (Wildman–Crippen LogP) is -3.32. The molecule has 0 amide bonds. The van der Waals surface area contributed by atoms with E-state index in [1.54, 1.807) is 0 Å². The molecule has 0 saturated heterocycles. The molecule has 46 valence electrons. The average Bonchev–Trinajstić information content (AvgIpc) is 0.722. The van der Waals surface area contributed by atoms with Crippen LogP contribution in [0, 0.1) is 0 Å². The van der Waals surface area contributed by atoms with Gasteiger partial charge >= 0.3 is 82.3 Å².